The number of benzene rings is 1. The van der Waals surface area contributed by atoms with Crippen LogP contribution in [0.1, 0.15) is 5.56 Å². The molecule has 4 heteroatoms. The number of carbonyl (C=O) groups excluding carboxylic acids is 1. The summed E-state index contributed by atoms with van der Waals surface area (Å²) in [4.78, 5) is 11.6. The van der Waals surface area contributed by atoms with Crippen LogP contribution in [-0.2, 0) is 16.0 Å². The van der Waals surface area contributed by atoms with Crippen LogP contribution in [-0.4, -0.2) is 26.2 Å². The van der Waals surface area contributed by atoms with E-state index in [0.29, 0.717) is 12.5 Å². The molecule has 2 atom stereocenters. The first kappa shape index (κ1) is 12.4. The topological polar surface area (TPSA) is 38.3 Å². The minimum atomic E-state index is -0.117. The molecular formula is C13H16ClNO2. The van der Waals surface area contributed by atoms with Crippen molar-refractivity contribution >= 4 is 17.6 Å². The van der Waals surface area contributed by atoms with Crippen LogP contribution in [0.4, 0.5) is 0 Å². The average molecular weight is 254 g/mol. The SMILES string of the molecule is COC(=O)C1CNCC1Cc1ccc(Cl)cc1. The summed E-state index contributed by atoms with van der Waals surface area (Å²) in [5.41, 5.74) is 1.21. The third-order valence-electron chi connectivity index (χ3n) is 3.25. The van der Waals surface area contributed by atoms with Gasteiger partial charge < -0.3 is 10.1 Å². The van der Waals surface area contributed by atoms with E-state index in [4.69, 9.17) is 16.3 Å². The molecule has 2 rings (SSSR count). The summed E-state index contributed by atoms with van der Waals surface area (Å²) in [6, 6.07) is 7.78. The zero-order valence-electron chi connectivity index (χ0n) is 9.78. The molecule has 1 fully saturated rings. The first-order valence-corrected chi connectivity index (χ1v) is 6.11. The molecule has 0 spiro atoms. The van der Waals surface area contributed by atoms with Crippen LogP contribution in [0.5, 0.6) is 0 Å². The Hall–Kier alpha value is -1.06. The van der Waals surface area contributed by atoms with Gasteiger partial charge in [0.15, 0.2) is 0 Å². The lowest BCUT2D eigenvalue weighted by atomic mass is 9.90. The van der Waals surface area contributed by atoms with E-state index < -0.39 is 0 Å². The molecule has 0 saturated carbocycles. The molecule has 2 unspecified atom stereocenters. The molecule has 1 aromatic carbocycles. The minimum Gasteiger partial charge on any atom is -0.469 e. The predicted octanol–water partition coefficient (Wildman–Crippen LogP) is 1.89. The lowest BCUT2D eigenvalue weighted by molar-refractivity contribution is -0.146. The molecule has 1 N–H and O–H groups in total. The van der Waals surface area contributed by atoms with Crippen LogP contribution >= 0.6 is 11.6 Å². The van der Waals surface area contributed by atoms with E-state index in [1.54, 1.807) is 0 Å². The predicted molar refractivity (Wildman–Crippen MR) is 67.0 cm³/mol. The summed E-state index contributed by atoms with van der Waals surface area (Å²) in [5, 5.41) is 3.98. The van der Waals surface area contributed by atoms with E-state index in [2.05, 4.69) is 5.32 Å². The maximum absolute atomic E-state index is 11.6. The van der Waals surface area contributed by atoms with Crippen LogP contribution < -0.4 is 5.32 Å². The number of hydrogen-bond donors (Lipinski definition) is 1. The molecule has 0 bridgehead atoms. The summed E-state index contributed by atoms with van der Waals surface area (Å²) in [7, 11) is 1.44. The van der Waals surface area contributed by atoms with Crippen molar-refractivity contribution in [2.45, 2.75) is 6.42 Å². The van der Waals surface area contributed by atoms with Crippen LogP contribution in [0.3, 0.4) is 0 Å². The van der Waals surface area contributed by atoms with Crippen molar-refractivity contribution < 1.29 is 9.53 Å². The second-order valence-electron chi connectivity index (χ2n) is 4.38. The number of rotatable bonds is 3. The minimum absolute atomic E-state index is 0.0318. The molecule has 0 radical (unpaired) electrons. The largest absolute Gasteiger partial charge is 0.469 e. The first-order valence-electron chi connectivity index (χ1n) is 5.73. The highest BCUT2D eigenvalue weighted by Gasteiger charge is 2.33. The zero-order chi connectivity index (χ0) is 12.3. The molecule has 0 aliphatic carbocycles. The van der Waals surface area contributed by atoms with Gasteiger partial charge in [-0.1, -0.05) is 23.7 Å². The monoisotopic (exact) mass is 253 g/mol. The normalized spacial score (nSPS) is 23.6. The van der Waals surface area contributed by atoms with E-state index >= 15 is 0 Å². The molecule has 92 valence electrons. The van der Waals surface area contributed by atoms with Gasteiger partial charge in [-0.05, 0) is 36.6 Å². The number of methoxy groups -OCH3 is 1. The molecule has 1 saturated heterocycles. The fourth-order valence-corrected chi connectivity index (χ4v) is 2.42. The quantitative estimate of drug-likeness (QED) is 0.836. The fourth-order valence-electron chi connectivity index (χ4n) is 2.30. The van der Waals surface area contributed by atoms with Crippen LogP contribution in [0.2, 0.25) is 5.02 Å². The van der Waals surface area contributed by atoms with Gasteiger partial charge in [0.25, 0.3) is 0 Å². The summed E-state index contributed by atoms with van der Waals surface area (Å²) in [6.07, 6.45) is 0.879. The van der Waals surface area contributed by atoms with Gasteiger partial charge in [-0.3, -0.25) is 4.79 Å². The Kier molecular flexibility index (Phi) is 4.02. The van der Waals surface area contributed by atoms with E-state index in [0.717, 1.165) is 18.0 Å². The van der Waals surface area contributed by atoms with Gasteiger partial charge in [-0.15, -0.1) is 0 Å². The second kappa shape index (κ2) is 5.52. The van der Waals surface area contributed by atoms with Gasteiger partial charge in [0.2, 0.25) is 0 Å². The standard InChI is InChI=1S/C13H16ClNO2/c1-17-13(16)12-8-15-7-10(12)6-9-2-4-11(14)5-3-9/h2-5,10,12,15H,6-8H2,1H3. The zero-order valence-corrected chi connectivity index (χ0v) is 10.5. The highest BCUT2D eigenvalue weighted by molar-refractivity contribution is 6.30. The van der Waals surface area contributed by atoms with Gasteiger partial charge >= 0.3 is 5.97 Å². The van der Waals surface area contributed by atoms with Crippen molar-refractivity contribution in [1.29, 1.82) is 0 Å². The Labute approximate surface area is 106 Å². The molecule has 0 amide bonds. The van der Waals surface area contributed by atoms with Crippen molar-refractivity contribution in [1.82, 2.24) is 5.32 Å². The van der Waals surface area contributed by atoms with Crippen molar-refractivity contribution in [3.05, 3.63) is 34.9 Å². The van der Waals surface area contributed by atoms with Crippen LogP contribution in [0, 0.1) is 11.8 Å². The summed E-state index contributed by atoms with van der Waals surface area (Å²) in [6.45, 7) is 1.58. The lowest BCUT2D eigenvalue weighted by Crippen LogP contribution is -2.25. The highest BCUT2D eigenvalue weighted by Crippen LogP contribution is 2.23. The Balaban J connectivity index is 2.02. The number of carbonyl (C=O) groups is 1. The molecule has 1 aliphatic rings. The van der Waals surface area contributed by atoms with Crippen molar-refractivity contribution in [3.63, 3.8) is 0 Å². The number of hydrogen-bond acceptors (Lipinski definition) is 3. The first-order chi connectivity index (χ1) is 8.20. The van der Waals surface area contributed by atoms with Crippen molar-refractivity contribution in [2.75, 3.05) is 20.2 Å². The van der Waals surface area contributed by atoms with Crippen LogP contribution in [0.25, 0.3) is 0 Å². The third-order valence-corrected chi connectivity index (χ3v) is 3.51. The van der Waals surface area contributed by atoms with Crippen molar-refractivity contribution in [3.8, 4) is 0 Å². The second-order valence-corrected chi connectivity index (χ2v) is 4.82. The number of nitrogens with one attached hydrogen (secondary N) is 1. The van der Waals surface area contributed by atoms with E-state index in [1.165, 1.54) is 12.7 Å². The van der Waals surface area contributed by atoms with E-state index in [-0.39, 0.29) is 11.9 Å². The van der Waals surface area contributed by atoms with Crippen LogP contribution in [0.15, 0.2) is 24.3 Å². The summed E-state index contributed by atoms with van der Waals surface area (Å²) >= 11 is 5.84. The summed E-state index contributed by atoms with van der Waals surface area (Å²) < 4.78 is 4.82. The molecule has 0 aromatic heterocycles. The maximum Gasteiger partial charge on any atom is 0.310 e. The Morgan fingerprint density at radius 3 is 2.76 bits per heavy atom. The summed E-state index contributed by atoms with van der Waals surface area (Å²) in [5.74, 6) is 0.160. The number of halogens is 1. The average Bonchev–Trinajstić information content (AvgIpc) is 2.79. The number of ether oxygens (including phenoxy) is 1. The molecule has 1 heterocycles. The van der Waals surface area contributed by atoms with E-state index in [9.17, 15) is 4.79 Å². The molecule has 1 aliphatic heterocycles. The Morgan fingerprint density at radius 1 is 1.41 bits per heavy atom. The molecule has 1 aromatic rings. The molecule has 17 heavy (non-hydrogen) atoms. The van der Waals surface area contributed by atoms with Gasteiger partial charge in [-0.2, -0.15) is 0 Å². The van der Waals surface area contributed by atoms with Gasteiger partial charge in [0, 0.05) is 11.6 Å². The Bertz CT molecular complexity index is 391. The van der Waals surface area contributed by atoms with Gasteiger partial charge in [-0.25, -0.2) is 0 Å². The van der Waals surface area contributed by atoms with Gasteiger partial charge in [0.05, 0.1) is 13.0 Å². The van der Waals surface area contributed by atoms with Gasteiger partial charge in [0.1, 0.15) is 0 Å². The van der Waals surface area contributed by atoms with E-state index in [1.807, 2.05) is 24.3 Å². The fraction of sp³-hybridized carbons (Fsp3) is 0.462. The highest BCUT2D eigenvalue weighted by atomic mass is 35.5. The smallest absolute Gasteiger partial charge is 0.310 e. The van der Waals surface area contributed by atoms with Crippen molar-refractivity contribution in [2.24, 2.45) is 11.8 Å². The molecule has 3 nitrogen and oxygen atoms in total. The lowest BCUT2D eigenvalue weighted by Gasteiger charge is -2.16. The Morgan fingerprint density at radius 2 is 2.12 bits per heavy atom. The number of esters is 1. The third kappa shape index (κ3) is 2.99. The molecular weight excluding hydrogens is 238 g/mol. The maximum atomic E-state index is 11.6.